The molecule has 0 radical (unpaired) electrons. The monoisotopic (exact) mass is 678 g/mol. The van der Waals surface area contributed by atoms with Crippen molar-refractivity contribution in [2.24, 2.45) is 0 Å². The second-order valence-electron chi connectivity index (χ2n) is 11.3. The Hall–Kier alpha value is -4.93. The van der Waals surface area contributed by atoms with Gasteiger partial charge in [0.05, 0.1) is 28.4 Å². The van der Waals surface area contributed by atoms with E-state index in [1.807, 2.05) is 27.7 Å². The molecule has 1 atom stereocenters. The molecule has 0 spiro atoms. The number of hydrogen-bond acceptors (Lipinski definition) is 10. The molecule has 0 fully saturated rings. The Morgan fingerprint density at radius 2 is 1.33 bits per heavy atom. The van der Waals surface area contributed by atoms with Crippen LogP contribution in [0.5, 0.6) is 17.2 Å². The highest BCUT2D eigenvalue weighted by molar-refractivity contribution is 6.32. The highest BCUT2D eigenvalue weighted by Crippen LogP contribution is 2.32. The molecule has 0 aliphatic heterocycles. The van der Waals surface area contributed by atoms with Gasteiger partial charge >= 0.3 is 23.9 Å². The van der Waals surface area contributed by atoms with Crippen molar-refractivity contribution < 1.29 is 47.6 Å². The van der Waals surface area contributed by atoms with Gasteiger partial charge in [0.25, 0.3) is 0 Å². The summed E-state index contributed by atoms with van der Waals surface area (Å²) in [6, 6.07) is 17.4. The molecule has 0 aliphatic carbocycles. The van der Waals surface area contributed by atoms with E-state index in [1.165, 1.54) is 30.3 Å². The summed E-state index contributed by atoms with van der Waals surface area (Å²) in [5.74, 6) is -1.57. The molecule has 0 bridgehead atoms. The van der Waals surface area contributed by atoms with Crippen molar-refractivity contribution in [3.63, 3.8) is 0 Å². The zero-order valence-electron chi connectivity index (χ0n) is 27.4. The standard InChI is InChI=1S/C37H39ClO10/c1-7-32(39)44-23-22-43-28-16-12-26(13-17-28)34(41)46-29-18-19-31(30(38)24-29)47-35(42)25-10-14-27(15-11-25)37(6,9-3)45-21-20-36(4,5)48-33(40)8-2/h7-8,10-19,24H,1-2,9,20-23H2,3-6H3. The summed E-state index contributed by atoms with van der Waals surface area (Å²) in [5, 5.41) is 0.0693. The summed E-state index contributed by atoms with van der Waals surface area (Å²) in [4.78, 5) is 48.2. The van der Waals surface area contributed by atoms with Crippen molar-refractivity contribution in [3.05, 3.63) is 114 Å². The quantitative estimate of drug-likeness (QED) is 0.0616. The van der Waals surface area contributed by atoms with E-state index in [4.69, 9.17) is 40.0 Å². The van der Waals surface area contributed by atoms with Gasteiger partial charge in [-0.1, -0.05) is 43.8 Å². The van der Waals surface area contributed by atoms with E-state index < -0.39 is 35.1 Å². The molecule has 0 amide bonds. The summed E-state index contributed by atoms with van der Waals surface area (Å²) in [7, 11) is 0. The van der Waals surface area contributed by atoms with Crippen LogP contribution in [-0.4, -0.2) is 49.3 Å². The van der Waals surface area contributed by atoms with Crippen LogP contribution < -0.4 is 14.2 Å². The van der Waals surface area contributed by atoms with Crippen molar-refractivity contribution in [1.82, 2.24) is 0 Å². The van der Waals surface area contributed by atoms with Crippen LogP contribution in [0.25, 0.3) is 0 Å². The smallest absolute Gasteiger partial charge is 0.343 e. The minimum atomic E-state index is -0.718. The van der Waals surface area contributed by atoms with Crippen LogP contribution in [0.15, 0.2) is 92.0 Å². The van der Waals surface area contributed by atoms with E-state index in [1.54, 1.807) is 36.4 Å². The number of esters is 4. The number of benzene rings is 3. The van der Waals surface area contributed by atoms with Crippen LogP contribution in [0.4, 0.5) is 0 Å². The summed E-state index contributed by atoms with van der Waals surface area (Å²) in [5.41, 5.74) is 0.0608. The molecule has 48 heavy (non-hydrogen) atoms. The van der Waals surface area contributed by atoms with Gasteiger partial charge in [-0.15, -0.1) is 0 Å². The van der Waals surface area contributed by atoms with Crippen molar-refractivity contribution in [2.45, 2.75) is 51.7 Å². The number of carbonyl (C=O) groups is 4. The first-order chi connectivity index (χ1) is 22.8. The third-order valence-corrected chi connectivity index (χ3v) is 7.54. The van der Waals surface area contributed by atoms with Crippen LogP contribution in [-0.2, 0) is 29.4 Å². The Balaban J connectivity index is 1.55. The average molecular weight is 679 g/mol. The maximum atomic E-state index is 12.9. The maximum absolute atomic E-state index is 12.9. The molecule has 0 saturated heterocycles. The maximum Gasteiger partial charge on any atom is 0.343 e. The first kappa shape index (κ1) is 37.5. The largest absolute Gasteiger partial charge is 0.490 e. The van der Waals surface area contributed by atoms with Gasteiger partial charge in [-0.2, -0.15) is 0 Å². The highest BCUT2D eigenvalue weighted by Gasteiger charge is 2.28. The third kappa shape index (κ3) is 11.1. The number of hydrogen-bond donors (Lipinski definition) is 0. The summed E-state index contributed by atoms with van der Waals surface area (Å²) in [6.45, 7) is 14.8. The molecule has 10 nitrogen and oxygen atoms in total. The molecular formula is C37H39ClO10. The molecule has 0 N–H and O–H groups in total. The fraction of sp³-hybridized carbons (Fsp3) is 0.297. The highest BCUT2D eigenvalue weighted by atomic mass is 35.5. The molecule has 3 aromatic carbocycles. The normalized spacial score (nSPS) is 12.2. The SMILES string of the molecule is C=CC(=O)OCCOc1ccc(C(=O)Oc2ccc(OC(=O)c3ccc(C(C)(CC)OCCC(C)(C)OC(=O)C=C)cc3)c(Cl)c2)cc1. The lowest BCUT2D eigenvalue weighted by Gasteiger charge is -2.32. The van der Waals surface area contributed by atoms with Crippen molar-refractivity contribution >= 4 is 35.5 Å². The third-order valence-electron chi connectivity index (χ3n) is 7.24. The van der Waals surface area contributed by atoms with Gasteiger partial charge in [0.2, 0.25) is 0 Å². The molecule has 0 saturated carbocycles. The van der Waals surface area contributed by atoms with E-state index in [-0.39, 0.29) is 35.3 Å². The Morgan fingerprint density at radius 1 is 0.750 bits per heavy atom. The molecule has 254 valence electrons. The number of carbonyl (C=O) groups excluding carboxylic acids is 4. The zero-order valence-corrected chi connectivity index (χ0v) is 28.2. The van der Waals surface area contributed by atoms with Crippen LogP contribution in [0.3, 0.4) is 0 Å². The van der Waals surface area contributed by atoms with Gasteiger partial charge in [-0.25, -0.2) is 19.2 Å². The minimum absolute atomic E-state index is 0.0555. The molecule has 0 heterocycles. The van der Waals surface area contributed by atoms with Gasteiger partial charge in [0.15, 0.2) is 0 Å². The van der Waals surface area contributed by atoms with Crippen LogP contribution in [0.2, 0.25) is 5.02 Å². The molecule has 0 aromatic heterocycles. The lowest BCUT2D eigenvalue weighted by molar-refractivity contribution is -0.153. The molecule has 1 unspecified atom stereocenters. The van der Waals surface area contributed by atoms with E-state index in [0.717, 1.165) is 17.7 Å². The van der Waals surface area contributed by atoms with Crippen LogP contribution >= 0.6 is 11.6 Å². The first-order valence-electron chi connectivity index (χ1n) is 15.1. The Labute approximate surface area is 285 Å². The summed E-state index contributed by atoms with van der Waals surface area (Å²) >= 11 is 6.35. The second-order valence-corrected chi connectivity index (χ2v) is 11.7. The predicted molar refractivity (Wildman–Crippen MR) is 179 cm³/mol. The van der Waals surface area contributed by atoms with Gasteiger partial charge in [-0.3, -0.25) is 0 Å². The molecule has 0 aliphatic rings. The lowest BCUT2D eigenvalue weighted by Crippen LogP contribution is -2.32. The zero-order chi connectivity index (χ0) is 35.3. The van der Waals surface area contributed by atoms with Gasteiger partial charge < -0.3 is 28.4 Å². The predicted octanol–water partition coefficient (Wildman–Crippen LogP) is 7.43. The van der Waals surface area contributed by atoms with E-state index in [0.29, 0.717) is 30.8 Å². The number of halogens is 1. The van der Waals surface area contributed by atoms with E-state index >= 15 is 0 Å². The van der Waals surface area contributed by atoms with Crippen molar-refractivity contribution in [3.8, 4) is 17.2 Å². The second kappa shape index (κ2) is 17.3. The van der Waals surface area contributed by atoms with Gasteiger partial charge in [0.1, 0.15) is 36.1 Å². The molecular weight excluding hydrogens is 640 g/mol. The fourth-order valence-corrected chi connectivity index (χ4v) is 4.45. The Morgan fingerprint density at radius 3 is 1.92 bits per heavy atom. The van der Waals surface area contributed by atoms with Crippen molar-refractivity contribution in [2.75, 3.05) is 19.8 Å². The number of ether oxygens (including phenoxy) is 6. The van der Waals surface area contributed by atoms with Crippen LogP contribution in [0.1, 0.15) is 66.8 Å². The van der Waals surface area contributed by atoms with E-state index in [2.05, 4.69) is 13.2 Å². The fourth-order valence-electron chi connectivity index (χ4n) is 4.24. The number of rotatable bonds is 17. The van der Waals surface area contributed by atoms with Crippen molar-refractivity contribution in [1.29, 1.82) is 0 Å². The molecule has 11 heteroatoms. The first-order valence-corrected chi connectivity index (χ1v) is 15.5. The van der Waals surface area contributed by atoms with Crippen LogP contribution in [0, 0.1) is 0 Å². The van der Waals surface area contributed by atoms with E-state index in [9.17, 15) is 19.2 Å². The average Bonchev–Trinajstić information content (AvgIpc) is 3.07. The summed E-state index contributed by atoms with van der Waals surface area (Å²) < 4.78 is 32.8. The summed E-state index contributed by atoms with van der Waals surface area (Å²) in [6.07, 6.45) is 3.33. The van der Waals surface area contributed by atoms with Gasteiger partial charge in [0, 0.05) is 24.6 Å². The van der Waals surface area contributed by atoms with Gasteiger partial charge in [-0.05, 0) is 81.3 Å². The topological polar surface area (TPSA) is 124 Å². The molecule has 3 aromatic rings. The Bertz CT molecular complexity index is 1610. The lowest BCUT2D eigenvalue weighted by atomic mass is 9.92. The molecule has 3 rings (SSSR count). The minimum Gasteiger partial charge on any atom is -0.490 e. The Kier molecular flexibility index (Phi) is 13.5.